The smallest absolute Gasteiger partial charge is 0.0774 e. The first-order valence-corrected chi connectivity index (χ1v) is 6.96. The molecule has 0 spiro atoms. The molecule has 0 bridgehead atoms. The van der Waals surface area contributed by atoms with Crippen molar-refractivity contribution in [2.45, 2.75) is 51.7 Å². The molecule has 1 N–H and O–H groups in total. The summed E-state index contributed by atoms with van der Waals surface area (Å²) in [5, 5.41) is 10.4. The van der Waals surface area contributed by atoms with Gasteiger partial charge in [0.15, 0.2) is 0 Å². The van der Waals surface area contributed by atoms with Gasteiger partial charge < -0.3 is 5.11 Å². The normalized spacial score (nSPS) is 18.5. The summed E-state index contributed by atoms with van der Waals surface area (Å²) < 4.78 is 0. The summed E-state index contributed by atoms with van der Waals surface area (Å²) in [5.74, 6) is 0. The van der Waals surface area contributed by atoms with Crippen molar-refractivity contribution >= 4 is 0 Å². The predicted octanol–water partition coefficient (Wildman–Crippen LogP) is 3.04. The zero-order valence-electron chi connectivity index (χ0n) is 11.9. The highest BCUT2D eigenvalue weighted by Crippen LogP contribution is 2.30. The van der Waals surface area contributed by atoms with E-state index in [-0.39, 0.29) is 0 Å². The van der Waals surface area contributed by atoms with Gasteiger partial charge in [0.1, 0.15) is 0 Å². The maximum absolute atomic E-state index is 10.4. The lowest BCUT2D eigenvalue weighted by atomic mass is 9.99. The molecule has 0 amide bonds. The highest BCUT2D eigenvalue weighted by atomic mass is 16.3. The van der Waals surface area contributed by atoms with Gasteiger partial charge in [0.25, 0.3) is 0 Å². The molecule has 0 radical (unpaired) electrons. The highest BCUT2D eigenvalue weighted by Gasteiger charge is 2.32. The summed E-state index contributed by atoms with van der Waals surface area (Å²) in [7, 11) is 2.11. The number of rotatable bonds is 4. The predicted molar refractivity (Wildman–Crippen MR) is 75.7 cm³/mol. The van der Waals surface area contributed by atoms with Crippen molar-refractivity contribution in [1.29, 1.82) is 0 Å². The lowest BCUT2D eigenvalue weighted by molar-refractivity contribution is 0.0144. The van der Waals surface area contributed by atoms with E-state index < -0.39 is 5.60 Å². The number of hydrogen-bond donors (Lipinski definition) is 1. The molecule has 0 heterocycles. The quantitative estimate of drug-likeness (QED) is 0.884. The van der Waals surface area contributed by atoms with Gasteiger partial charge in [-0.1, -0.05) is 31.0 Å². The van der Waals surface area contributed by atoms with Crippen molar-refractivity contribution in [2.24, 2.45) is 0 Å². The number of benzene rings is 1. The fraction of sp³-hybridized carbons (Fsp3) is 0.625. The van der Waals surface area contributed by atoms with Crippen LogP contribution in [-0.4, -0.2) is 29.2 Å². The van der Waals surface area contributed by atoms with Gasteiger partial charge in [-0.05, 0) is 50.4 Å². The van der Waals surface area contributed by atoms with E-state index >= 15 is 0 Å². The maximum atomic E-state index is 10.4. The molecule has 2 rings (SSSR count). The highest BCUT2D eigenvalue weighted by molar-refractivity contribution is 5.33. The molecule has 1 aromatic carbocycles. The van der Waals surface area contributed by atoms with Crippen LogP contribution in [-0.2, 0) is 6.54 Å². The number of nitrogens with zero attached hydrogens (tertiary/aromatic N) is 1. The van der Waals surface area contributed by atoms with Crippen LogP contribution in [0.3, 0.4) is 0 Å². The van der Waals surface area contributed by atoms with Crippen molar-refractivity contribution in [1.82, 2.24) is 4.90 Å². The summed E-state index contributed by atoms with van der Waals surface area (Å²) in [6.07, 6.45) is 4.27. The van der Waals surface area contributed by atoms with Crippen LogP contribution in [0.4, 0.5) is 0 Å². The van der Waals surface area contributed by atoms with Crippen LogP contribution in [0.2, 0.25) is 0 Å². The minimum Gasteiger partial charge on any atom is -0.389 e. The number of hydrogen-bond acceptors (Lipinski definition) is 2. The minimum atomic E-state index is -0.439. The van der Waals surface area contributed by atoms with Crippen LogP contribution >= 0.6 is 0 Å². The molecule has 1 aliphatic carbocycles. The Morgan fingerprint density at radius 2 is 1.72 bits per heavy atom. The summed E-state index contributed by atoms with van der Waals surface area (Å²) >= 11 is 0. The van der Waals surface area contributed by atoms with E-state index in [2.05, 4.69) is 44.0 Å². The molecule has 1 aliphatic rings. The van der Waals surface area contributed by atoms with Gasteiger partial charge in [-0.15, -0.1) is 0 Å². The Balaban J connectivity index is 2.00. The van der Waals surface area contributed by atoms with Gasteiger partial charge in [0, 0.05) is 13.1 Å². The van der Waals surface area contributed by atoms with Crippen LogP contribution in [0.25, 0.3) is 0 Å². The fourth-order valence-corrected chi connectivity index (χ4v) is 3.12. The van der Waals surface area contributed by atoms with Crippen LogP contribution < -0.4 is 0 Å². The molecule has 1 saturated carbocycles. The standard InChI is InChI=1S/C16H25NO/c1-13-7-6-8-14(2)15(13)11-17(3)12-16(18)9-4-5-10-16/h6-8,18H,4-5,9-12H2,1-3H3. The maximum Gasteiger partial charge on any atom is 0.0774 e. The summed E-state index contributed by atoms with van der Waals surface area (Å²) in [6, 6.07) is 6.44. The molecule has 0 aromatic heterocycles. The Kier molecular flexibility index (Phi) is 4.08. The van der Waals surface area contributed by atoms with E-state index in [0.717, 1.165) is 25.9 Å². The van der Waals surface area contributed by atoms with E-state index in [9.17, 15) is 5.11 Å². The lowest BCUT2D eigenvalue weighted by Gasteiger charge is -2.29. The second kappa shape index (κ2) is 5.41. The van der Waals surface area contributed by atoms with Gasteiger partial charge in [-0.2, -0.15) is 0 Å². The van der Waals surface area contributed by atoms with E-state index in [1.165, 1.54) is 29.5 Å². The number of aryl methyl sites for hydroxylation is 2. The van der Waals surface area contributed by atoms with Crippen molar-refractivity contribution in [3.8, 4) is 0 Å². The first-order valence-electron chi connectivity index (χ1n) is 6.96. The molecular weight excluding hydrogens is 222 g/mol. The largest absolute Gasteiger partial charge is 0.389 e. The van der Waals surface area contributed by atoms with Gasteiger partial charge in [-0.25, -0.2) is 0 Å². The summed E-state index contributed by atoms with van der Waals surface area (Å²) in [5.41, 5.74) is 3.66. The van der Waals surface area contributed by atoms with Crippen molar-refractivity contribution in [3.05, 3.63) is 34.9 Å². The molecule has 0 unspecified atom stereocenters. The topological polar surface area (TPSA) is 23.5 Å². The SMILES string of the molecule is Cc1cccc(C)c1CN(C)CC1(O)CCCC1. The molecule has 1 aromatic rings. The average Bonchev–Trinajstić information content (AvgIpc) is 2.70. The molecule has 0 aliphatic heterocycles. The zero-order chi connectivity index (χ0) is 13.2. The van der Waals surface area contributed by atoms with Crippen LogP contribution in [0.5, 0.6) is 0 Å². The van der Waals surface area contributed by atoms with E-state index in [1.807, 2.05) is 0 Å². The lowest BCUT2D eigenvalue weighted by Crippen LogP contribution is -2.39. The van der Waals surface area contributed by atoms with Gasteiger partial charge >= 0.3 is 0 Å². The van der Waals surface area contributed by atoms with Crippen molar-refractivity contribution in [2.75, 3.05) is 13.6 Å². The third-order valence-corrected chi connectivity index (χ3v) is 4.17. The molecule has 18 heavy (non-hydrogen) atoms. The van der Waals surface area contributed by atoms with Crippen molar-refractivity contribution < 1.29 is 5.11 Å². The third-order valence-electron chi connectivity index (χ3n) is 4.17. The molecule has 1 fully saturated rings. The summed E-state index contributed by atoms with van der Waals surface area (Å²) in [6.45, 7) is 6.06. The Bertz CT molecular complexity index is 387. The fourth-order valence-electron chi connectivity index (χ4n) is 3.12. The second-order valence-electron chi connectivity index (χ2n) is 5.97. The average molecular weight is 247 g/mol. The zero-order valence-corrected chi connectivity index (χ0v) is 11.9. The Morgan fingerprint density at radius 1 is 1.17 bits per heavy atom. The number of likely N-dealkylation sites (N-methyl/N-ethyl adjacent to an activating group) is 1. The van der Waals surface area contributed by atoms with Crippen LogP contribution in [0, 0.1) is 13.8 Å². The summed E-state index contributed by atoms with van der Waals surface area (Å²) in [4.78, 5) is 2.26. The van der Waals surface area contributed by atoms with E-state index in [0.29, 0.717) is 0 Å². The monoisotopic (exact) mass is 247 g/mol. The Hall–Kier alpha value is -0.860. The molecule has 100 valence electrons. The molecule has 2 nitrogen and oxygen atoms in total. The number of aliphatic hydroxyl groups is 1. The molecule has 0 saturated heterocycles. The van der Waals surface area contributed by atoms with E-state index in [4.69, 9.17) is 0 Å². The minimum absolute atomic E-state index is 0.439. The van der Waals surface area contributed by atoms with Crippen LogP contribution in [0.1, 0.15) is 42.4 Å². The van der Waals surface area contributed by atoms with Gasteiger partial charge in [-0.3, -0.25) is 4.90 Å². The Morgan fingerprint density at radius 3 is 2.28 bits per heavy atom. The van der Waals surface area contributed by atoms with E-state index in [1.54, 1.807) is 0 Å². The second-order valence-corrected chi connectivity index (χ2v) is 5.97. The molecule has 0 atom stereocenters. The van der Waals surface area contributed by atoms with Gasteiger partial charge in [0.2, 0.25) is 0 Å². The first-order chi connectivity index (χ1) is 8.50. The van der Waals surface area contributed by atoms with Gasteiger partial charge in [0.05, 0.1) is 5.60 Å². The Labute approximate surface area is 111 Å². The molecular formula is C16H25NO. The van der Waals surface area contributed by atoms with Crippen molar-refractivity contribution in [3.63, 3.8) is 0 Å². The molecule has 2 heteroatoms. The first kappa shape index (κ1) is 13.6. The van der Waals surface area contributed by atoms with Crippen LogP contribution in [0.15, 0.2) is 18.2 Å². The third kappa shape index (κ3) is 3.12.